The fraction of sp³-hybridized carbons (Fsp3) is 0.762. The van der Waals surface area contributed by atoms with Crippen LogP contribution in [0.3, 0.4) is 0 Å². The van der Waals surface area contributed by atoms with Crippen LogP contribution in [0.4, 0.5) is 0 Å². The van der Waals surface area contributed by atoms with Gasteiger partial charge in [0.15, 0.2) is 0 Å². The molecule has 2 unspecified atom stereocenters. The Balaban J connectivity index is 1.35. The minimum absolute atomic E-state index is 0.00866. The number of nitrogens with one attached hydrogen (secondary N) is 1. The van der Waals surface area contributed by atoms with Crippen molar-refractivity contribution in [2.45, 2.75) is 149 Å². The number of hydrogen-bond acceptors (Lipinski definition) is 4. The molecule has 0 aliphatic heterocycles. The van der Waals surface area contributed by atoms with E-state index < -0.39 is 37.7 Å². The van der Waals surface area contributed by atoms with Crippen LogP contribution in [0.2, 0.25) is 0 Å². The molecule has 48 heavy (non-hydrogen) atoms. The van der Waals surface area contributed by atoms with E-state index in [1.54, 1.807) is 0 Å². The molecule has 0 saturated heterocycles. The van der Waals surface area contributed by atoms with Crippen molar-refractivity contribution in [1.29, 1.82) is 5.26 Å². The molecule has 3 fully saturated rings. The first-order valence-electron chi connectivity index (χ1n) is 19.1. The minimum atomic E-state index is -0.670. The summed E-state index contributed by atoms with van der Waals surface area (Å²) >= 11 is -0.534. The van der Waals surface area contributed by atoms with E-state index in [1.165, 1.54) is 44.9 Å². The van der Waals surface area contributed by atoms with Gasteiger partial charge in [0.1, 0.15) is 0 Å². The summed E-state index contributed by atoms with van der Waals surface area (Å²) in [4.78, 5) is 43.0. The van der Waals surface area contributed by atoms with Gasteiger partial charge in [-0.1, -0.05) is 0 Å². The number of carbonyl (C=O) groups is 3. The zero-order valence-electron chi connectivity index (χ0n) is 30.8. The van der Waals surface area contributed by atoms with Gasteiger partial charge in [0, 0.05) is 0 Å². The predicted octanol–water partition coefficient (Wildman–Crippen LogP) is 6.39. The van der Waals surface area contributed by atoms with Crippen molar-refractivity contribution in [3.8, 4) is 6.07 Å². The number of amides is 1. The van der Waals surface area contributed by atoms with Gasteiger partial charge in [0.25, 0.3) is 0 Å². The fourth-order valence-corrected chi connectivity index (χ4v) is 14.5. The molecule has 0 aromatic heterocycles. The summed E-state index contributed by atoms with van der Waals surface area (Å²) in [7, 11) is 0. The number of alkyl halides is 1. The van der Waals surface area contributed by atoms with Crippen molar-refractivity contribution in [2.75, 3.05) is 0 Å². The van der Waals surface area contributed by atoms with Gasteiger partial charge in [0.2, 0.25) is 0 Å². The maximum atomic E-state index is 14.9. The second kappa shape index (κ2) is 12.8. The summed E-state index contributed by atoms with van der Waals surface area (Å²) in [5.74, 6) is 0.175. The first-order valence-corrected chi connectivity index (χ1v) is 21.4. The van der Waals surface area contributed by atoms with Crippen molar-refractivity contribution in [3.63, 3.8) is 0 Å². The third-order valence-corrected chi connectivity index (χ3v) is 17.7. The van der Waals surface area contributed by atoms with Crippen LogP contribution in [-0.4, -0.2) is 21.4 Å². The van der Waals surface area contributed by atoms with Crippen molar-refractivity contribution in [1.82, 2.24) is 3.53 Å². The van der Waals surface area contributed by atoms with Crippen LogP contribution in [0.1, 0.15) is 145 Å². The summed E-state index contributed by atoms with van der Waals surface area (Å²) in [5, 5.41) is 10.0. The number of allylic oxidation sites excluding steroid dienone is 6. The van der Waals surface area contributed by atoms with Crippen molar-refractivity contribution in [2.24, 2.45) is 50.2 Å². The van der Waals surface area contributed by atoms with Crippen molar-refractivity contribution in [3.05, 3.63) is 35.5 Å². The maximum absolute atomic E-state index is 14.9. The number of rotatable bonds is 3. The Morgan fingerprint density at radius 3 is 2.31 bits per heavy atom. The van der Waals surface area contributed by atoms with Crippen LogP contribution in [0, 0.1) is 61.6 Å². The van der Waals surface area contributed by atoms with Gasteiger partial charge in [-0.25, -0.2) is 0 Å². The number of halogens is 1. The molecule has 0 spiro atoms. The molecule has 8 atom stereocenters. The van der Waals surface area contributed by atoms with E-state index >= 15 is 0 Å². The molecule has 0 aromatic carbocycles. The topological polar surface area (TPSA) is 87.0 Å². The van der Waals surface area contributed by atoms with Crippen LogP contribution in [0.25, 0.3) is 0 Å². The van der Waals surface area contributed by atoms with Gasteiger partial charge < -0.3 is 0 Å². The number of ketones is 2. The number of hydrogen-bond donors (Lipinski definition) is 1. The molecule has 0 bridgehead atoms. The van der Waals surface area contributed by atoms with E-state index in [4.69, 9.17) is 0 Å². The SMILES string of the molecule is CC1(C)CCC2(C(=O)N[I-]C3/C=C\CCCCCCCC3)CC[C@]3(C)[C@H](C(=O)C=C4[C@@]5(C)C=C(C#N)C(=O)C(C)(C)[C@@H]5CC[C@]43C)[C@@H]2C1. The molecule has 264 valence electrons. The number of Topliss-reactive ketones (excluding diaryl/α,β-unsaturated/α-hetero) is 1. The summed E-state index contributed by atoms with van der Waals surface area (Å²) < 4.78 is 4.09. The monoisotopic (exact) mass is 767 g/mol. The molecule has 0 radical (unpaired) electrons. The van der Waals surface area contributed by atoms with Gasteiger partial charge in [-0.05, 0) is 0 Å². The third kappa shape index (κ3) is 5.63. The molecule has 5 nitrogen and oxygen atoms in total. The Bertz CT molecular complexity index is 1480. The molecular formula is C42H60IN2O3-. The Labute approximate surface area is 301 Å². The number of nitriles is 1. The van der Waals surface area contributed by atoms with Crippen LogP contribution >= 0.6 is 0 Å². The second-order valence-corrected chi connectivity index (χ2v) is 21.4. The molecular weight excluding hydrogens is 707 g/mol. The number of nitrogens with zero attached hydrogens (tertiary/aromatic N) is 1. The molecule has 6 aliphatic carbocycles. The summed E-state index contributed by atoms with van der Waals surface area (Å²) in [5.41, 5.74) is -0.834. The zero-order valence-corrected chi connectivity index (χ0v) is 32.9. The van der Waals surface area contributed by atoms with E-state index in [9.17, 15) is 19.6 Å². The molecule has 6 aliphatic rings. The van der Waals surface area contributed by atoms with Crippen LogP contribution in [-0.2, 0) is 14.4 Å². The van der Waals surface area contributed by atoms with Crippen molar-refractivity contribution < 1.29 is 35.9 Å². The van der Waals surface area contributed by atoms with Gasteiger partial charge in [-0.15, -0.1) is 0 Å². The van der Waals surface area contributed by atoms with E-state index in [-0.39, 0.29) is 57.0 Å². The molecule has 6 heteroatoms. The Hall–Kier alpha value is -1.75. The summed E-state index contributed by atoms with van der Waals surface area (Å²) in [6, 6.07) is 2.22. The third-order valence-electron chi connectivity index (χ3n) is 15.0. The fourth-order valence-electron chi connectivity index (χ4n) is 12.0. The second-order valence-electron chi connectivity index (χ2n) is 18.6. The summed E-state index contributed by atoms with van der Waals surface area (Å²) in [6.07, 6.45) is 25.0. The molecule has 6 rings (SSSR count). The van der Waals surface area contributed by atoms with E-state index in [0.29, 0.717) is 3.92 Å². The zero-order chi connectivity index (χ0) is 34.8. The van der Waals surface area contributed by atoms with Gasteiger partial charge in [-0.2, -0.15) is 5.26 Å². The Kier molecular flexibility index (Phi) is 9.60. The predicted molar refractivity (Wildman–Crippen MR) is 187 cm³/mol. The summed E-state index contributed by atoms with van der Waals surface area (Å²) in [6.45, 7) is 15.6. The van der Waals surface area contributed by atoms with Crippen LogP contribution in [0.15, 0.2) is 35.5 Å². The van der Waals surface area contributed by atoms with Crippen LogP contribution < -0.4 is 25.0 Å². The van der Waals surface area contributed by atoms with Gasteiger partial charge in [-0.3, -0.25) is 4.79 Å². The number of fused-ring (bicyclic) bond motifs is 7. The quantitative estimate of drug-likeness (QED) is 0.156. The first kappa shape index (κ1) is 36.1. The van der Waals surface area contributed by atoms with Gasteiger partial charge in [0.05, 0.1) is 0 Å². The van der Waals surface area contributed by atoms with Crippen LogP contribution in [0.5, 0.6) is 0 Å². The standard InChI is InChI=1S/C42H60IN2O3/c1-37(2)20-22-42(36(48)45-43-29-16-14-12-10-8-9-11-13-15-17-29)23-21-41(7)34(30(42)26-37)31(46)24-33-39(5)25-28(27-44)35(47)38(3,4)32(39)18-19-40(33,41)6/h14,16,24-25,29-30,32,34H,8-13,15,17-23,26H2,1-7H3,(H,45,48)/q-1/b16-14-/t29?,30-,32-,34-,39-,40+,41+,42?/m0/s1. The molecule has 3 saturated carbocycles. The van der Waals surface area contributed by atoms with E-state index in [0.717, 1.165) is 56.9 Å². The van der Waals surface area contributed by atoms with Crippen molar-refractivity contribution >= 4 is 17.5 Å². The first-order chi connectivity index (χ1) is 22.6. The molecule has 0 heterocycles. The Morgan fingerprint density at radius 1 is 0.896 bits per heavy atom. The molecule has 0 aromatic rings. The average molecular weight is 768 g/mol. The van der Waals surface area contributed by atoms with Gasteiger partial charge >= 0.3 is 293 Å². The van der Waals surface area contributed by atoms with E-state index in [1.807, 2.05) is 26.0 Å². The Morgan fingerprint density at radius 2 is 1.58 bits per heavy atom. The normalized spacial score (nSPS) is 43.0. The average Bonchev–Trinajstić information content (AvgIpc) is 3.08. The number of carbonyl (C=O) groups excluding carboxylic acids is 3. The molecule has 1 amide bonds. The van der Waals surface area contributed by atoms with E-state index in [2.05, 4.69) is 56.4 Å². The molecule has 1 N–H and O–H groups in total.